The van der Waals surface area contributed by atoms with E-state index in [0.717, 1.165) is 29.3 Å². The van der Waals surface area contributed by atoms with Crippen LogP contribution in [-0.4, -0.2) is 45.8 Å². The number of nitriles is 1. The fourth-order valence-electron chi connectivity index (χ4n) is 4.30. The molecule has 0 bridgehead atoms. The Morgan fingerprint density at radius 3 is 2.75 bits per heavy atom. The summed E-state index contributed by atoms with van der Waals surface area (Å²) >= 11 is 0. The second-order valence-electron chi connectivity index (χ2n) is 8.34. The predicted octanol–water partition coefficient (Wildman–Crippen LogP) is 3.79. The Hall–Kier alpha value is -3.50. The van der Waals surface area contributed by atoms with Crippen molar-refractivity contribution in [2.45, 2.75) is 32.7 Å². The van der Waals surface area contributed by atoms with Gasteiger partial charge in [0.25, 0.3) is 0 Å². The number of piperidine rings is 1. The zero-order valence-electron chi connectivity index (χ0n) is 18.3. The number of nitrogens with zero attached hydrogens (tertiary/aromatic N) is 4. The van der Waals surface area contributed by atoms with E-state index in [1.807, 2.05) is 54.1 Å². The molecule has 1 aromatic carbocycles. The Kier molecular flexibility index (Phi) is 6.62. The molecule has 0 atom stereocenters. The number of nitrogens with one attached hydrogen (secondary N) is 1. The molecule has 0 aliphatic carbocycles. The van der Waals surface area contributed by atoms with Crippen molar-refractivity contribution in [2.24, 2.45) is 5.92 Å². The Morgan fingerprint density at radius 2 is 2.00 bits per heavy atom. The summed E-state index contributed by atoms with van der Waals surface area (Å²) in [6.07, 6.45) is 5.40. The highest BCUT2D eigenvalue weighted by Gasteiger charge is 2.27. The fraction of sp³-hybridized carbons (Fsp3) is 0.360. The van der Waals surface area contributed by atoms with Gasteiger partial charge in [0.2, 0.25) is 5.91 Å². The summed E-state index contributed by atoms with van der Waals surface area (Å²) in [5.41, 5.74) is 2.73. The Labute approximate surface area is 187 Å². The van der Waals surface area contributed by atoms with Gasteiger partial charge >= 0.3 is 0 Å². The molecule has 1 saturated heterocycles. The quantitative estimate of drug-likeness (QED) is 0.577. The van der Waals surface area contributed by atoms with E-state index >= 15 is 0 Å². The molecule has 0 radical (unpaired) electrons. The lowest BCUT2D eigenvalue weighted by molar-refractivity contribution is -0.121. The first kappa shape index (κ1) is 21.7. The van der Waals surface area contributed by atoms with E-state index in [1.165, 1.54) is 0 Å². The van der Waals surface area contributed by atoms with Gasteiger partial charge in [0.15, 0.2) is 5.78 Å². The van der Waals surface area contributed by atoms with Crippen LogP contribution in [0.2, 0.25) is 0 Å². The van der Waals surface area contributed by atoms with Crippen molar-refractivity contribution in [3.63, 3.8) is 0 Å². The number of benzene rings is 1. The maximum Gasteiger partial charge on any atom is 0.228 e. The van der Waals surface area contributed by atoms with Gasteiger partial charge in [0.05, 0.1) is 19.0 Å². The molecule has 1 N–H and O–H groups in total. The van der Waals surface area contributed by atoms with E-state index in [0.29, 0.717) is 44.0 Å². The molecule has 4 rings (SSSR count). The van der Waals surface area contributed by atoms with E-state index in [-0.39, 0.29) is 17.6 Å². The monoisotopic (exact) mass is 429 g/mol. The fourth-order valence-corrected chi connectivity index (χ4v) is 4.30. The highest BCUT2D eigenvalue weighted by molar-refractivity contribution is 6.09. The van der Waals surface area contributed by atoms with Crippen LogP contribution in [0.25, 0.3) is 10.9 Å². The zero-order valence-corrected chi connectivity index (χ0v) is 18.3. The first-order chi connectivity index (χ1) is 15.5. The van der Waals surface area contributed by atoms with Crippen molar-refractivity contribution in [3.05, 3.63) is 59.9 Å². The van der Waals surface area contributed by atoms with E-state index in [9.17, 15) is 9.59 Å². The van der Waals surface area contributed by atoms with Gasteiger partial charge in [-0.05, 0) is 56.6 Å². The molecule has 1 aliphatic heterocycles. The summed E-state index contributed by atoms with van der Waals surface area (Å²) in [5.74, 6) is 0.579. The maximum atomic E-state index is 13.1. The number of anilines is 1. The molecular formula is C25H27N5O2. The van der Waals surface area contributed by atoms with Gasteiger partial charge in [0, 0.05) is 41.3 Å². The number of para-hydroxylation sites is 1. The van der Waals surface area contributed by atoms with Gasteiger partial charge in [-0.3, -0.25) is 14.5 Å². The molecule has 3 heterocycles. The molecule has 2 aromatic heterocycles. The number of carbonyl (C=O) groups excluding carboxylic acids is 2. The predicted molar refractivity (Wildman–Crippen MR) is 123 cm³/mol. The van der Waals surface area contributed by atoms with Gasteiger partial charge < -0.3 is 9.88 Å². The Bertz CT molecular complexity index is 1170. The number of Topliss-reactive ketones (excluding diaryl/α,β-unsaturated/α-hetero) is 1. The molecule has 32 heavy (non-hydrogen) atoms. The minimum Gasteiger partial charge on any atom is -0.346 e. The Morgan fingerprint density at radius 1 is 1.22 bits per heavy atom. The molecule has 7 heteroatoms. The molecule has 1 aliphatic rings. The minimum atomic E-state index is -0.0726. The molecule has 164 valence electrons. The molecule has 1 amide bonds. The lowest BCUT2D eigenvalue weighted by Crippen LogP contribution is -2.40. The maximum absolute atomic E-state index is 13.1. The summed E-state index contributed by atoms with van der Waals surface area (Å²) in [6, 6.07) is 13.7. The van der Waals surface area contributed by atoms with E-state index in [1.54, 1.807) is 6.20 Å². The highest BCUT2D eigenvalue weighted by Crippen LogP contribution is 2.24. The van der Waals surface area contributed by atoms with Gasteiger partial charge in [-0.25, -0.2) is 4.98 Å². The van der Waals surface area contributed by atoms with E-state index in [4.69, 9.17) is 5.26 Å². The number of rotatable bonds is 7. The molecule has 0 spiro atoms. The normalized spacial score (nSPS) is 14.9. The van der Waals surface area contributed by atoms with Crippen molar-refractivity contribution < 1.29 is 9.59 Å². The van der Waals surface area contributed by atoms with Crippen molar-refractivity contribution in [3.8, 4) is 6.07 Å². The van der Waals surface area contributed by atoms with Crippen molar-refractivity contribution in [1.82, 2.24) is 14.5 Å². The number of amides is 1. The van der Waals surface area contributed by atoms with Gasteiger partial charge in [-0.2, -0.15) is 5.26 Å². The summed E-state index contributed by atoms with van der Waals surface area (Å²) in [6.45, 7) is 4.28. The third-order valence-electron chi connectivity index (χ3n) is 6.05. The number of fused-ring (bicyclic) bond motifs is 1. The van der Waals surface area contributed by atoms with Gasteiger partial charge in [0.1, 0.15) is 5.82 Å². The topological polar surface area (TPSA) is 91.0 Å². The zero-order chi connectivity index (χ0) is 22.5. The first-order valence-corrected chi connectivity index (χ1v) is 11.0. The summed E-state index contributed by atoms with van der Waals surface area (Å²) < 4.78 is 1.99. The summed E-state index contributed by atoms with van der Waals surface area (Å²) in [4.78, 5) is 32.0. The largest absolute Gasteiger partial charge is 0.346 e. The molecule has 7 nitrogen and oxygen atoms in total. The van der Waals surface area contributed by atoms with E-state index < -0.39 is 0 Å². The number of likely N-dealkylation sites (tertiary alicyclic amines) is 1. The number of pyridine rings is 1. The van der Waals surface area contributed by atoms with Crippen LogP contribution >= 0.6 is 0 Å². The number of aromatic nitrogens is 2. The van der Waals surface area contributed by atoms with Crippen LogP contribution in [0.5, 0.6) is 0 Å². The first-order valence-electron chi connectivity index (χ1n) is 11.0. The Balaban J connectivity index is 1.36. The molecule has 0 unspecified atom stereocenters. The van der Waals surface area contributed by atoms with E-state index in [2.05, 4.69) is 21.3 Å². The smallest absolute Gasteiger partial charge is 0.228 e. The summed E-state index contributed by atoms with van der Waals surface area (Å²) in [5, 5.41) is 12.8. The van der Waals surface area contributed by atoms with Crippen LogP contribution in [0.1, 0.15) is 35.2 Å². The number of hydrogen-bond acceptors (Lipinski definition) is 5. The molecule has 1 fully saturated rings. The third kappa shape index (κ3) is 4.87. The van der Waals surface area contributed by atoms with Crippen LogP contribution in [0, 0.1) is 24.2 Å². The molecule has 3 aromatic rings. The van der Waals surface area contributed by atoms with Gasteiger partial charge in [-0.15, -0.1) is 0 Å². The lowest BCUT2D eigenvalue weighted by atomic mass is 9.95. The number of carbonyl (C=O) groups is 2. The minimum absolute atomic E-state index is 0.00496. The van der Waals surface area contributed by atoms with Gasteiger partial charge in [-0.1, -0.05) is 18.2 Å². The van der Waals surface area contributed by atoms with Crippen molar-refractivity contribution >= 4 is 28.4 Å². The number of hydrogen-bond donors (Lipinski definition) is 1. The number of aryl methyl sites for hydroxylation is 2. The molecule has 0 saturated carbocycles. The standard InChI is InChI=1S/C25H27N5O2/c1-18-7-11-27-24(15-18)28-25(32)19-8-13-29(14-9-19)17-23(31)21-16-30(12-4-10-26)22-6-3-2-5-20(21)22/h2-3,5-7,11,15-16,19H,4,8-9,12-14,17H2,1H3,(H,27,28,32). The van der Waals surface area contributed by atoms with Crippen LogP contribution in [0.15, 0.2) is 48.8 Å². The summed E-state index contributed by atoms with van der Waals surface area (Å²) in [7, 11) is 0. The lowest BCUT2D eigenvalue weighted by Gasteiger charge is -2.30. The average Bonchev–Trinajstić information content (AvgIpc) is 3.17. The second-order valence-corrected chi connectivity index (χ2v) is 8.34. The van der Waals surface area contributed by atoms with Crippen LogP contribution < -0.4 is 5.32 Å². The SMILES string of the molecule is Cc1ccnc(NC(=O)C2CCN(CC(=O)c3cn(CCC#N)c4ccccc34)CC2)c1. The van der Waals surface area contributed by atoms with Crippen LogP contribution in [0.4, 0.5) is 5.82 Å². The number of ketones is 1. The third-order valence-corrected chi connectivity index (χ3v) is 6.05. The average molecular weight is 430 g/mol. The molecular weight excluding hydrogens is 402 g/mol. The second kappa shape index (κ2) is 9.75. The van der Waals surface area contributed by atoms with Crippen molar-refractivity contribution in [1.29, 1.82) is 5.26 Å². The van der Waals surface area contributed by atoms with Crippen LogP contribution in [-0.2, 0) is 11.3 Å². The highest BCUT2D eigenvalue weighted by atomic mass is 16.2. The van der Waals surface area contributed by atoms with Crippen LogP contribution in [0.3, 0.4) is 0 Å². The van der Waals surface area contributed by atoms with Crippen molar-refractivity contribution in [2.75, 3.05) is 25.0 Å².